The number of benzene rings is 4. The second-order valence-corrected chi connectivity index (χ2v) is 11.5. The van der Waals surface area contributed by atoms with Gasteiger partial charge < -0.3 is 10.1 Å². The molecule has 4 aromatic carbocycles. The number of hydrazone groups is 1. The molecule has 2 aliphatic rings. The van der Waals surface area contributed by atoms with E-state index in [4.69, 9.17) is 4.74 Å². The number of anilines is 2. The Hall–Kier alpha value is -4.40. The third-order valence-corrected chi connectivity index (χ3v) is 8.43. The van der Waals surface area contributed by atoms with E-state index < -0.39 is 0 Å². The fourth-order valence-corrected chi connectivity index (χ4v) is 6.54. The van der Waals surface area contributed by atoms with E-state index >= 15 is 0 Å². The van der Waals surface area contributed by atoms with Gasteiger partial charge in [0.25, 0.3) is 0 Å². The van der Waals surface area contributed by atoms with Gasteiger partial charge in [-0.25, -0.2) is 10.5 Å². The van der Waals surface area contributed by atoms with Crippen molar-refractivity contribution in [1.29, 1.82) is 0 Å². The topological polar surface area (TPSA) is 82.6 Å². The number of nitrogens with one attached hydrogen (secondary N) is 4. The summed E-state index contributed by atoms with van der Waals surface area (Å²) in [6.45, 7) is 4.86. The fraction of sp³-hybridized carbons (Fsp3) is 0.188. The van der Waals surface area contributed by atoms with Gasteiger partial charge in [0.1, 0.15) is 5.75 Å². The van der Waals surface area contributed by atoms with Crippen molar-refractivity contribution in [3.05, 3.63) is 106 Å². The zero-order valence-corrected chi connectivity index (χ0v) is 23.2. The Morgan fingerprint density at radius 2 is 1.85 bits per heavy atom. The Morgan fingerprint density at radius 3 is 2.70 bits per heavy atom. The summed E-state index contributed by atoms with van der Waals surface area (Å²) in [6, 6.07) is 28.1. The first-order valence-electron chi connectivity index (χ1n) is 13.6. The smallest absolute Gasteiger partial charge is 0.171 e. The number of nitrogens with zero attached hydrogens (tertiary/aromatic N) is 2. The summed E-state index contributed by atoms with van der Waals surface area (Å²) in [7, 11) is 0. The predicted molar refractivity (Wildman–Crippen MR) is 163 cm³/mol. The molecule has 1 atom stereocenters. The van der Waals surface area contributed by atoms with Crippen LogP contribution in [0.2, 0.25) is 0 Å². The quantitative estimate of drug-likeness (QED) is 0.192. The van der Waals surface area contributed by atoms with Crippen molar-refractivity contribution in [3.8, 4) is 16.9 Å². The van der Waals surface area contributed by atoms with Crippen LogP contribution in [0.15, 0.2) is 84.0 Å². The van der Waals surface area contributed by atoms with Gasteiger partial charge in [-0.15, -0.1) is 22.0 Å². The average molecular weight is 547 g/mol. The largest absolute Gasteiger partial charge is 0.491 e. The maximum absolute atomic E-state index is 6.51. The van der Waals surface area contributed by atoms with E-state index in [1.807, 2.05) is 6.92 Å². The number of aromatic nitrogens is 1. The summed E-state index contributed by atoms with van der Waals surface area (Å²) in [5.41, 5.74) is 18.7. The van der Waals surface area contributed by atoms with Crippen molar-refractivity contribution in [2.45, 2.75) is 32.6 Å². The van der Waals surface area contributed by atoms with Crippen LogP contribution < -0.4 is 26.5 Å². The molecule has 0 spiro atoms. The van der Waals surface area contributed by atoms with Gasteiger partial charge in [0.2, 0.25) is 0 Å². The average Bonchev–Trinajstić information content (AvgIpc) is 3.57. The summed E-state index contributed by atoms with van der Waals surface area (Å²) in [5, 5.41) is 9.20. The Morgan fingerprint density at radius 1 is 0.950 bits per heavy atom. The molecule has 1 aromatic heterocycles. The van der Waals surface area contributed by atoms with Gasteiger partial charge in [-0.2, -0.15) is 0 Å². The number of rotatable bonds is 5. The molecule has 0 aliphatic carbocycles. The lowest BCUT2D eigenvalue weighted by atomic mass is 9.85. The maximum atomic E-state index is 6.51. The lowest BCUT2D eigenvalue weighted by Crippen LogP contribution is -2.35. The molecule has 0 saturated heterocycles. The predicted octanol–water partition coefficient (Wildman–Crippen LogP) is 6.90. The molecule has 0 fully saturated rings. The molecule has 2 aliphatic heterocycles. The number of aryl methyl sites for hydroxylation is 2. The lowest BCUT2D eigenvalue weighted by Gasteiger charge is -2.22. The first-order chi connectivity index (χ1) is 19.6. The molecule has 7 nitrogen and oxygen atoms in total. The summed E-state index contributed by atoms with van der Waals surface area (Å²) in [4.78, 5) is 4.64. The highest BCUT2D eigenvalue weighted by atomic mass is 32.1. The van der Waals surface area contributed by atoms with Crippen molar-refractivity contribution < 1.29 is 4.74 Å². The standard InChI is InChI=1S/C32H30N6OS/c1-19-10-12-25(32-35-37-38-36-32)26(15-19)22-16-27-24(21-7-4-3-5-8-21)9-6-14-39-31(27)29(17-22)34-23-11-13-28-30(18-23)40-20(2)33-28/h3-5,7-8,10-13,15-18,24,34,37-38H,6,9,14H2,1-2H3,(H,35,36). The summed E-state index contributed by atoms with van der Waals surface area (Å²) >= 11 is 1.71. The van der Waals surface area contributed by atoms with E-state index in [2.05, 4.69) is 118 Å². The van der Waals surface area contributed by atoms with Crippen molar-refractivity contribution >= 4 is 38.8 Å². The second-order valence-electron chi connectivity index (χ2n) is 10.3. The van der Waals surface area contributed by atoms with Crippen molar-refractivity contribution in [1.82, 2.24) is 21.5 Å². The van der Waals surface area contributed by atoms with Crippen LogP contribution in [0.25, 0.3) is 21.3 Å². The number of thiazole rings is 1. The first-order valence-corrected chi connectivity index (χ1v) is 14.4. The SMILES string of the molecule is Cc1ccc(C2=NNNN2)c(-c2cc(Nc3ccc4nc(C)sc4c3)c3c(c2)C(c2ccccc2)CCCO3)c1. The molecule has 0 saturated carbocycles. The number of hydrogen-bond acceptors (Lipinski definition) is 8. The normalized spacial score (nSPS) is 16.4. The Kier molecular flexibility index (Phi) is 6.34. The van der Waals surface area contributed by atoms with E-state index in [0.29, 0.717) is 6.61 Å². The van der Waals surface area contributed by atoms with Crippen molar-refractivity contribution in [2.24, 2.45) is 5.10 Å². The fourth-order valence-electron chi connectivity index (χ4n) is 5.67. The zero-order chi connectivity index (χ0) is 27.1. The monoisotopic (exact) mass is 546 g/mol. The number of ether oxygens (including phenoxy) is 1. The first kappa shape index (κ1) is 24.6. The summed E-state index contributed by atoms with van der Waals surface area (Å²) in [6.07, 6.45) is 2.01. The molecule has 4 N–H and O–H groups in total. The number of hydrazine groups is 2. The molecule has 8 heteroatoms. The summed E-state index contributed by atoms with van der Waals surface area (Å²) < 4.78 is 7.68. The molecule has 0 bridgehead atoms. The minimum atomic E-state index is 0.226. The molecule has 7 rings (SSSR count). The van der Waals surface area contributed by atoms with Crippen LogP contribution in [-0.2, 0) is 0 Å². The van der Waals surface area contributed by atoms with Gasteiger partial charge >= 0.3 is 0 Å². The minimum absolute atomic E-state index is 0.226. The molecule has 0 amide bonds. The van der Waals surface area contributed by atoms with E-state index in [9.17, 15) is 0 Å². The van der Waals surface area contributed by atoms with E-state index in [1.165, 1.54) is 21.4 Å². The van der Waals surface area contributed by atoms with Crippen LogP contribution in [0.5, 0.6) is 5.75 Å². The van der Waals surface area contributed by atoms with Crippen LogP contribution in [0.4, 0.5) is 11.4 Å². The molecule has 1 unspecified atom stereocenters. The Balaban J connectivity index is 1.42. The van der Waals surface area contributed by atoms with E-state index in [1.54, 1.807) is 11.3 Å². The highest BCUT2D eigenvalue weighted by Crippen LogP contribution is 2.46. The molecule has 200 valence electrons. The molecular formula is C32H30N6OS. The third kappa shape index (κ3) is 4.65. The molecular weight excluding hydrogens is 516 g/mol. The van der Waals surface area contributed by atoms with Crippen LogP contribution >= 0.6 is 11.3 Å². The molecule has 5 aromatic rings. The maximum Gasteiger partial charge on any atom is 0.171 e. The van der Waals surface area contributed by atoms with Crippen LogP contribution in [0.3, 0.4) is 0 Å². The molecule has 3 heterocycles. The van der Waals surface area contributed by atoms with Gasteiger partial charge in [0.05, 0.1) is 27.5 Å². The third-order valence-electron chi connectivity index (χ3n) is 7.50. The van der Waals surface area contributed by atoms with Gasteiger partial charge in [0.15, 0.2) is 5.84 Å². The molecule has 0 radical (unpaired) electrons. The highest BCUT2D eigenvalue weighted by molar-refractivity contribution is 7.18. The van der Waals surface area contributed by atoms with Gasteiger partial charge in [-0.3, -0.25) is 5.43 Å². The van der Waals surface area contributed by atoms with Crippen LogP contribution in [-0.4, -0.2) is 17.4 Å². The minimum Gasteiger partial charge on any atom is -0.491 e. The Labute approximate surface area is 237 Å². The number of hydrogen-bond donors (Lipinski definition) is 4. The van der Waals surface area contributed by atoms with Gasteiger partial charge in [-0.05, 0) is 73.7 Å². The highest BCUT2D eigenvalue weighted by Gasteiger charge is 2.26. The van der Waals surface area contributed by atoms with Crippen molar-refractivity contribution in [2.75, 3.05) is 11.9 Å². The van der Waals surface area contributed by atoms with E-state index in [0.717, 1.165) is 63.0 Å². The number of fused-ring (bicyclic) bond motifs is 2. The van der Waals surface area contributed by atoms with Gasteiger partial charge in [-0.1, -0.05) is 54.1 Å². The summed E-state index contributed by atoms with van der Waals surface area (Å²) in [5.74, 6) is 1.90. The Bertz CT molecular complexity index is 1750. The van der Waals surface area contributed by atoms with E-state index in [-0.39, 0.29) is 5.92 Å². The second kappa shape index (κ2) is 10.3. The van der Waals surface area contributed by atoms with Gasteiger partial charge in [0, 0.05) is 22.7 Å². The lowest BCUT2D eigenvalue weighted by molar-refractivity contribution is 0.318. The van der Waals surface area contributed by atoms with Crippen LogP contribution in [0, 0.1) is 13.8 Å². The van der Waals surface area contributed by atoms with Crippen LogP contribution in [0.1, 0.15) is 46.0 Å². The zero-order valence-electron chi connectivity index (χ0n) is 22.4. The van der Waals surface area contributed by atoms with Crippen molar-refractivity contribution in [3.63, 3.8) is 0 Å². The number of amidine groups is 1. The molecule has 40 heavy (non-hydrogen) atoms.